The van der Waals surface area contributed by atoms with Gasteiger partial charge < -0.3 is 5.32 Å². The smallest absolute Gasteiger partial charge is 0.0453 e. The quantitative estimate of drug-likeness (QED) is 0.768. The number of alkyl halides is 2. The minimum absolute atomic E-state index is 0.161. The maximum Gasteiger partial charge on any atom is 0.0453 e. The van der Waals surface area contributed by atoms with E-state index in [0.29, 0.717) is 11.8 Å². The number of fused-ring (bicyclic) bond motifs is 1. The topological polar surface area (TPSA) is 12.0 Å². The molecule has 0 aliphatic carbocycles. The number of thiophene rings is 1. The molecule has 0 aliphatic heterocycles. The van der Waals surface area contributed by atoms with Crippen molar-refractivity contribution in [3.8, 4) is 0 Å². The van der Waals surface area contributed by atoms with Gasteiger partial charge >= 0.3 is 0 Å². The van der Waals surface area contributed by atoms with Crippen LogP contribution >= 0.6 is 34.5 Å². The lowest BCUT2D eigenvalue weighted by Crippen LogP contribution is -2.47. The number of hydrogen-bond donors (Lipinski definition) is 1. The second kappa shape index (κ2) is 6.25. The molecule has 0 saturated heterocycles. The molecule has 0 aliphatic rings. The van der Waals surface area contributed by atoms with Gasteiger partial charge in [0.05, 0.1) is 0 Å². The summed E-state index contributed by atoms with van der Waals surface area (Å²) in [5.74, 6) is 1.07. The van der Waals surface area contributed by atoms with Crippen LogP contribution in [0.5, 0.6) is 0 Å². The molecule has 1 aromatic carbocycles. The summed E-state index contributed by atoms with van der Waals surface area (Å²) in [6.07, 6.45) is 0.933. The van der Waals surface area contributed by atoms with Crippen LogP contribution in [0.2, 0.25) is 0 Å². The molecule has 0 amide bonds. The second-order valence-corrected chi connectivity index (χ2v) is 5.96. The van der Waals surface area contributed by atoms with Gasteiger partial charge in [0.2, 0.25) is 0 Å². The molecule has 98 valence electrons. The fraction of sp³-hybridized carbons (Fsp3) is 0.429. The van der Waals surface area contributed by atoms with Gasteiger partial charge in [-0.1, -0.05) is 25.1 Å². The highest BCUT2D eigenvalue weighted by Crippen LogP contribution is 2.26. The molecule has 2 aromatic rings. The molecule has 1 heterocycles. The molecule has 1 N–H and O–H groups in total. The van der Waals surface area contributed by atoms with Crippen LogP contribution in [0.3, 0.4) is 0 Å². The van der Waals surface area contributed by atoms with Crippen molar-refractivity contribution in [2.45, 2.75) is 25.4 Å². The highest BCUT2D eigenvalue weighted by Gasteiger charge is 2.25. The third kappa shape index (κ3) is 2.83. The van der Waals surface area contributed by atoms with Gasteiger partial charge in [-0.3, -0.25) is 0 Å². The van der Waals surface area contributed by atoms with Gasteiger partial charge in [0.25, 0.3) is 0 Å². The van der Waals surface area contributed by atoms with Crippen molar-refractivity contribution >= 4 is 44.6 Å². The predicted molar refractivity (Wildman–Crippen MR) is 83.1 cm³/mol. The number of halogens is 2. The minimum Gasteiger partial charge on any atom is -0.305 e. The van der Waals surface area contributed by atoms with Crippen LogP contribution in [-0.4, -0.2) is 17.3 Å². The number of rotatable bonds is 6. The zero-order valence-electron chi connectivity index (χ0n) is 10.4. The van der Waals surface area contributed by atoms with Crippen molar-refractivity contribution < 1.29 is 0 Å². The molecule has 2 rings (SSSR count). The Balaban J connectivity index is 2.14. The van der Waals surface area contributed by atoms with Crippen LogP contribution in [0.1, 0.15) is 18.9 Å². The Morgan fingerprint density at radius 1 is 1.22 bits per heavy atom. The van der Waals surface area contributed by atoms with E-state index in [-0.39, 0.29) is 5.54 Å². The zero-order valence-corrected chi connectivity index (χ0v) is 12.7. The van der Waals surface area contributed by atoms with E-state index in [4.69, 9.17) is 23.2 Å². The van der Waals surface area contributed by atoms with Crippen molar-refractivity contribution in [1.82, 2.24) is 5.32 Å². The van der Waals surface area contributed by atoms with Crippen LogP contribution in [0.4, 0.5) is 0 Å². The Morgan fingerprint density at radius 3 is 2.61 bits per heavy atom. The summed E-state index contributed by atoms with van der Waals surface area (Å²) >= 11 is 13.9. The van der Waals surface area contributed by atoms with Crippen LogP contribution in [0.15, 0.2) is 29.6 Å². The number of benzene rings is 1. The van der Waals surface area contributed by atoms with E-state index in [9.17, 15) is 0 Å². The third-order valence-corrected chi connectivity index (χ3v) is 5.44. The molecule has 0 atom stereocenters. The van der Waals surface area contributed by atoms with Crippen LogP contribution < -0.4 is 5.32 Å². The predicted octanol–water partition coefficient (Wildman–Crippen LogP) is 4.62. The molecule has 0 spiro atoms. The van der Waals surface area contributed by atoms with E-state index in [1.807, 2.05) is 0 Å². The summed E-state index contributed by atoms with van der Waals surface area (Å²) in [7, 11) is 0. The van der Waals surface area contributed by atoms with Crippen LogP contribution in [0.25, 0.3) is 10.1 Å². The van der Waals surface area contributed by atoms with E-state index >= 15 is 0 Å². The molecular formula is C14H17Cl2NS. The summed E-state index contributed by atoms with van der Waals surface area (Å²) < 4.78 is 1.33. The maximum atomic E-state index is 6.04. The highest BCUT2D eigenvalue weighted by molar-refractivity contribution is 7.17. The molecular weight excluding hydrogens is 285 g/mol. The van der Waals surface area contributed by atoms with Crippen molar-refractivity contribution in [2.24, 2.45) is 0 Å². The third-order valence-electron chi connectivity index (χ3n) is 3.40. The summed E-state index contributed by atoms with van der Waals surface area (Å²) in [6, 6.07) is 8.47. The first-order valence-corrected chi connectivity index (χ1v) is 8.01. The Kier molecular flexibility index (Phi) is 4.91. The van der Waals surface area contributed by atoms with Crippen molar-refractivity contribution in [1.29, 1.82) is 0 Å². The number of hydrogen-bond acceptors (Lipinski definition) is 2. The Morgan fingerprint density at radius 2 is 1.94 bits per heavy atom. The number of nitrogens with one attached hydrogen (secondary N) is 1. The van der Waals surface area contributed by atoms with Gasteiger partial charge in [-0.2, -0.15) is 0 Å². The molecule has 1 nitrogen and oxygen atoms in total. The average molecular weight is 302 g/mol. The lowest BCUT2D eigenvalue weighted by molar-refractivity contribution is 0.385. The van der Waals surface area contributed by atoms with E-state index < -0.39 is 0 Å². The molecule has 0 fully saturated rings. The first kappa shape index (κ1) is 14.1. The molecule has 4 heteroatoms. The standard InChI is InChI=1S/C14H17Cl2NS/c1-2-14(9-15,10-16)17-7-11-8-18-13-6-4-3-5-12(11)13/h3-6,8,17H,2,7,9-10H2,1H3. The Labute approximate surface area is 122 Å². The summed E-state index contributed by atoms with van der Waals surface area (Å²) in [5, 5.41) is 7.05. The summed E-state index contributed by atoms with van der Waals surface area (Å²) in [5.41, 5.74) is 1.16. The largest absolute Gasteiger partial charge is 0.305 e. The van der Waals surface area contributed by atoms with Crippen molar-refractivity contribution in [3.05, 3.63) is 35.2 Å². The fourth-order valence-corrected chi connectivity index (χ4v) is 3.71. The van der Waals surface area contributed by atoms with E-state index in [1.165, 1.54) is 15.6 Å². The zero-order chi connectivity index (χ0) is 13.0. The fourth-order valence-electron chi connectivity index (χ4n) is 1.90. The van der Waals surface area contributed by atoms with Crippen molar-refractivity contribution in [2.75, 3.05) is 11.8 Å². The van der Waals surface area contributed by atoms with E-state index in [1.54, 1.807) is 11.3 Å². The van der Waals surface area contributed by atoms with Gasteiger partial charge in [0, 0.05) is 28.5 Å². The first-order valence-electron chi connectivity index (χ1n) is 6.07. The Hall–Kier alpha value is -0.280. The molecule has 0 unspecified atom stereocenters. The highest BCUT2D eigenvalue weighted by atomic mass is 35.5. The van der Waals surface area contributed by atoms with Gasteiger partial charge in [-0.15, -0.1) is 34.5 Å². The molecule has 18 heavy (non-hydrogen) atoms. The first-order chi connectivity index (χ1) is 8.74. The van der Waals surface area contributed by atoms with E-state index in [2.05, 4.69) is 41.9 Å². The minimum atomic E-state index is -0.161. The monoisotopic (exact) mass is 301 g/mol. The summed E-state index contributed by atoms with van der Waals surface area (Å²) in [4.78, 5) is 0. The van der Waals surface area contributed by atoms with Gasteiger partial charge in [0.1, 0.15) is 0 Å². The molecule has 0 bridgehead atoms. The molecule has 0 radical (unpaired) electrons. The SMILES string of the molecule is CCC(CCl)(CCl)NCc1csc2ccccc12. The van der Waals surface area contributed by atoms with Gasteiger partial charge in [-0.05, 0) is 28.8 Å². The lowest BCUT2D eigenvalue weighted by Gasteiger charge is -2.29. The van der Waals surface area contributed by atoms with Gasteiger partial charge in [0.15, 0.2) is 0 Å². The van der Waals surface area contributed by atoms with Crippen LogP contribution in [-0.2, 0) is 6.54 Å². The maximum absolute atomic E-state index is 6.04. The second-order valence-electron chi connectivity index (χ2n) is 4.51. The van der Waals surface area contributed by atoms with Crippen LogP contribution in [0, 0.1) is 0 Å². The molecule has 1 aromatic heterocycles. The normalized spacial score (nSPS) is 12.2. The lowest BCUT2D eigenvalue weighted by atomic mass is 10.0. The van der Waals surface area contributed by atoms with Gasteiger partial charge in [-0.25, -0.2) is 0 Å². The van der Waals surface area contributed by atoms with E-state index in [0.717, 1.165) is 13.0 Å². The van der Waals surface area contributed by atoms with Crippen molar-refractivity contribution in [3.63, 3.8) is 0 Å². The average Bonchev–Trinajstić information content (AvgIpc) is 2.85. The summed E-state index contributed by atoms with van der Waals surface area (Å²) in [6.45, 7) is 2.93. The molecule has 0 saturated carbocycles. The Bertz CT molecular complexity index is 497.